The molecule has 16 heteroatoms. The second-order valence-electron chi connectivity index (χ2n) is 13.6. The van der Waals surface area contributed by atoms with Crippen molar-refractivity contribution in [2.75, 3.05) is 66.0 Å². The van der Waals surface area contributed by atoms with Gasteiger partial charge in [0.05, 0.1) is 61.5 Å². The Balaban J connectivity index is 1.50. The standard InChI is InChI=1S/C41H62N2O13S/c44-36(14-13-23-52-26-29-55-32-40(47)48)31-54-28-27-53-25-22-42-41(49)34-16-17-35(43-30-34)33-57(50,51)38-20-18-37(19-21-38)56-24-12-10-8-6-4-2-1-3-5-7-9-11-15-39(45)46/h16-21,30H,1-15,22-29,31-33H2,(H,42,49)(H,45,46)(H,47,48). The molecule has 1 aromatic carbocycles. The number of aromatic nitrogens is 1. The molecule has 0 bridgehead atoms. The van der Waals surface area contributed by atoms with E-state index in [1.165, 1.54) is 69.0 Å². The number of hydrogen-bond acceptors (Lipinski definition) is 12. The minimum atomic E-state index is -3.67. The Hall–Kier alpha value is -3.96. The van der Waals surface area contributed by atoms with E-state index in [0.717, 1.165) is 38.5 Å². The van der Waals surface area contributed by atoms with Crippen molar-refractivity contribution < 1.29 is 61.5 Å². The van der Waals surface area contributed by atoms with E-state index in [4.69, 9.17) is 33.9 Å². The molecule has 15 nitrogen and oxygen atoms in total. The summed E-state index contributed by atoms with van der Waals surface area (Å²) in [4.78, 5) is 49.6. The van der Waals surface area contributed by atoms with Crippen LogP contribution in [-0.2, 0) is 48.9 Å². The molecule has 0 aliphatic carbocycles. The molecule has 3 N–H and O–H groups in total. The third-order valence-corrected chi connectivity index (χ3v) is 10.3. The van der Waals surface area contributed by atoms with Gasteiger partial charge in [-0.2, -0.15) is 0 Å². The Morgan fingerprint density at radius 1 is 0.579 bits per heavy atom. The summed E-state index contributed by atoms with van der Waals surface area (Å²) < 4.78 is 52.7. The number of unbranched alkanes of at least 4 members (excludes halogenated alkanes) is 11. The van der Waals surface area contributed by atoms with Crippen molar-refractivity contribution in [3.63, 3.8) is 0 Å². The SMILES string of the molecule is O=C(O)CCCCCCCCCCCCCCOc1ccc(S(=O)(=O)Cc2ccc(C(=O)NCCOCCOCC(=O)CCCOCCOCC(=O)O)cn2)cc1. The van der Waals surface area contributed by atoms with Gasteiger partial charge in [-0.05, 0) is 55.7 Å². The first-order valence-electron chi connectivity index (χ1n) is 20.0. The molecule has 2 rings (SSSR count). The molecular formula is C41H62N2O13S. The number of hydrogen-bond donors (Lipinski definition) is 3. The van der Waals surface area contributed by atoms with Gasteiger partial charge in [-0.15, -0.1) is 0 Å². The number of carbonyl (C=O) groups excluding carboxylic acids is 2. The average Bonchev–Trinajstić information content (AvgIpc) is 3.18. The Morgan fingerprint density at radius 2 is 1.16 bits per heavy atom. The number of nitrogens with zero attached hydrogens (tertiary/aromatic N) is 1. The Bertz CT molecular complexity index is 1520. The van der Waals surface area contributed by atoms with Gasteiger partial charge in [-0.3, -0.25) is 19.4 Å². The zero-order valence-corrected chi connectivity index (χ0v) is 34.0. The lowest BCUT2D eigenvalue weighted by Gasteiger charge is -2.09. The third kappa shape index (κ3) is 25.8. The molecule has 0 aliphatic heterocycles. The highest BCUT2D eigenvalue weighted by Crippen LogP contribution is 2.20. The van der Waals surface area contributed by atoms with Crippen LogP contribution >= 0.6 is 0 Å². The summed E-state index contributed by atoms with van der Waals surface area (Å²) in [5, 5.41) is 19.8. The predicted molar refractivity (Wildman–Crippen MR) is 212 cm³/mol. The number of aliphatic carboxylic acids is 2. The van der Waals surface area contributed by atoms with E-state index in [9.17, 15) is 27.6 Å². The number of benzene rings is 1. The van der Waals surface area contributed by atoms with Crippen molar-refractivity contribution in [1.29, 1.82) is 0 Å². The van der Waals surface area contributed by atoms with Gasteiger partial charge < -0.3 is 39.2 Å². The average molecular weight is 823 g/mol. The van der Waals surface area contributed by atoms with Crippen molar-refractivity contribution in [3.05, 3.63) is 53.9 Å². The number of Topliss-reactive ketones (excluding diaryl/α,β-unsaturated/α-hetero) is 1. The molecule has 0 radical (unpaired) electrons. The van der Waals surface area contributed by atoms with Crippen molar-refractivity contribution >= 4 is 33.5 Å². The Labute approximate surface area is 337 Å². The van der Waals surface area contributed by atoms with Crippen LogP contribution < -0.4 is 10.1 Å². The van der Waals surface area contributed by atoms with Crippen molar-refractivity contribution in [2.45, 2.75) is 107 Å². The number of rotatable bonds is 37. The molecule has 1 amide bonds. The van der Waals surface area contributed by atoms with Crippen molar-refractivity contribution in [1.82, 2.24) is 10.3 Å². The van der Waals surface area contributed by atoms with Gasteiger partial charge in [-0.25, -0.2) is 13.2 Å². The van der Waals surface area contributed by atoms with E-state index in [0.29, 0.717) is 37.5 Å². The molecule has 2 aromatic rings. The first-order valence-corrected chi connectivity index (χ1v) is 21.7. The van der Waals surface area contributed by atoms with Gasteiger partial charge in [-0.1, -0.05) is 64.2 Å². The summed E-state index contributed by atoms with van der Waals surface area (Å²) in [6.45, 7) is 1.87. The number of amides is 1. The van der Waals surface area contributed by atoms with Crippen LogP contribution in [0, 0.1) is 0 Å². The number of ether oxygens (including phenoxy) is 5. The van der Waals surface area contributed by atoms with E-state index in [-0.39, 0.29) is 87.1 Å². The normalized spacial score (nSPS) is 11.4. The number of carbonyl (C=O) groups is 4. The fraction of sp³-hybridized carbons (Fsp3) is 0.634. The molecule has 57 heavy (non-hydrogen) atoms. The summed E-state index contributed by atoms with van der Waals surface area (Å²) in [6, 6.07) is 9.42. The molecule has 0 atom stereocenters. The smallest absolute Gasteiger partial charge is 0.329 e. The van der Waals surface area contributed by atoms with E-state index < -0.39 is 21.8 Å². The van der Waals surface area contributed by atoms with Crippen LogP contribution in [0.1, 0.15) is 112 Å². The highest BCUT2D eigenvalue weighted by atomic mass is 32.2. The number of nitrogens with one attached hydrogen (secondary N) is 1. The number of carboxylic acid groups (broad SMARTS) is 2. The number of pyridine rings is 1. The quantitative estimate of drug-likeness (QED) is 0.0686. The maximum Gasteiger partial charge on any atom is 0.329 e. The van der Waals surface area contributed by atoms with Crippen molar-refractivity contribution in [3.8, 4) is 5.75 Å². The monoisotopic (exact) mass is 822 g/mol. The summed E-state index contributed by atoms with van der Waals surface area (Å²) >= 11 is 0. The van der Waals surface area contributed by atoms with Gasteiger partial charge in [0.25, 0.3) is 5.91 Å². The maximum absolute atomic E-state index is 13.0. The zero-order chi connectivity index (χ0) is 41.4. The fourth-order valence-electron chi connectivity index (χ4n) is 5.57. The van der Waals surface area contributed by atoms with Gasteiger partial charge >= 0.3 is 11.9 Å². The molecule has 0 spiro atoms. The lowest BCUT2D eigenvalue weighted by atomic mass is 10.0. The van der Waals surface area contributed by atoms with Gasteiger partial charge in [0, 0.05) is 32.2 Å². The van der Waals surface area contributed by atoms with E-state index in [2.05, 4.69) is 10.3 Å². The minimum Gasteiger partial charge on any atom is -0.494 e. The van der Waals surface area contributed by atoms with Gasteiger partial charge in [0.2, 0.25) is 0 Å². The van der Waals surface area contributed by atoms with Crippen molar-refractivity contribution in [2.24, 2.45) is 0 Å². The summed E-state index contributed by atoms with van der Waals surface area (Å²) in [5.41, 5.74) is 0.596. The van der Waals surface area contributed by atoms with Gasteiger partial charge in [0.15, 0.2) is 15.6 Å². The Morgan fingerprint density at radius 3 is 1.75 bits per heavy atom. The fourth-order valence-corrected chi connectivity index (χ4v) is 6.85. The Kier molecular flexibility index (Phi) is 26.8. The highest BCUT2D eigenvalue weighted by Gasteiger charge is 2.17. The largest absolute Gasteiger partial charge is 0.494 e. The number of sulfone groups is 1. The summed E-state index contributed by atoms with van der Waals surface area (Å²) in [7, 11) is -3.67. The first kappa shape index (κ1) is 49.2. The molecule has 0 fully saturated rings. The molecule has 0 saturated carbocycles. The molecular weight excluding hydrogens is 761 g/mol. The van der Waals surface area contributed by atoms with E-state index >= 15 is 0 Å². The van der Waals surface area contributed by atoms with Crippen LogP contribution in [0.3, 0.4) is 0 Å². The lowest BCUT2D eigenvalue weighted by molar-refractivity contribution is -0.143. The van der Waals surface area contributed by atoms with Gasteiger partial charge in [0.1, 0.15) is 19.0 Å². The highest BCUT2D eigenvalue weighted by molar-refractivity contribution is 7.90. The molecule has 0 unspecified atom stereocenters. The minimum absolute atomic E-state index is 0.0422. The first-order chi connectivity index (χ1) is 27.6. The molecule has 1 heterocycles. The topological polar surface area (TPSA) is 214 Å². The van der Waals surface area contributed by atoms with Crippen LogP contribution in [0.5, 0.6) is 5.75 Å². The molecule has 0 saturated heterocycles. The number of carboxylic acids is 2. The van der Waals surface area contributed by atoms with E-state index in [1.807, 2.05) is 0 Å². The second-order valence-corrected chi connectivity index (χ2v) is 15.6. The molecule has 0 aliphatic rings. The van der Waals surface area contributed by atoms with Crippen LogP contribution in [0.15, 0.2) is 47.5 Å². The van der Waals surface area contributed by atoms with Crippen LogP contribution in [0.25, 0.3) is 0 Å². The molecule has 320 valence electrons. The third-order valence-electron chi connectivity index (χ3n) is 8.67. The van der Waals surface area contributed by atoms with Crippen LogP contribution in [0.2, 0.25) is 0 Å². The second kappa shape index (κ2) is 31.1. The number of ketones is 1. The maximum atomic E-state index is 13.0. The summed E-state index contributed by atoms with van der Waals surface area (Å²) in [6.07, 6.45) is 15.8. The molecule has 1 aromatic heterocycles. The van der Waals surface area contributed by atoms with E-state index in [1.54, 1.807) is 12.1 Å². The van der Waals surface area contributed by atoms with Crippen LogP contribution in [0.4, 0.5) is 0 Å². The predicted octanol–water partition coefficient (Wildman–Crippen LogP) is 5.82. The summed E-state index contributed by atoms with van der Waals surface area (Å²) in [5.74, 6) is -1.89. The zero-order valence-electron chi connectivity index (χ0n) is 33.2. The van der Waals surface area contributed by atoms with Crippen LogP contribution in [-0.4, -0.2) is 113 Å². The lowest BCUT2D eigenvalue weighted by Crippen LogP contribution is -2.27.